The molecule has 1 aromatic heterocycles. The van der Waals surface area contributed by atoms with Crippen molar-refractivity contribution in [1.82, 2.24) is 4.98 Å². The number of pyridine rings is 1. The molecule has 4 rings (SSSR count). The van der Waals surface area contributed by atoms with Crippen LogP contribution in [-0.4, -0.2) is 4.98 Å². The summed E-state index contributed by atoms with van der Waals surface area (Å²) < 4.78 is 0. The Morgan fingerprint density at radius 2 is 1.62 bits per heavy atom. The molecule has 0 saturated heterocycles. The Hall–Kier alpha value is -2.61. The second-order valence-electron chi connectivity index (χ2n) is 5.40. The molecule has 0 bridgehead atoms. The molecule has 102 valence electrons. The van der Waals surface area contributed by atoms with E-state index in [2.05, 4.69) is 71.0 Å². The molecule has 0 radical (unpaired) electrons. The lowest BCUT2D eigenvalue weighted by atomic mass is 10.0. The molecule has 2 heteroatoms. The van der Waals surface area contributed by atoms with E-state index < -0.39 is 0 Å². The largest absolute Gasteiger partial charge is 0.376 e. The first-order valence-corrected chi connectivity index (χ1v) is 7.26. The quantitative estimate of drug-likeness (QED) is 0.745. The SMILES string of the molecule is c1ccc(-c2cc3c(cn2)NC(c2ccccc2)C3)cc1. The van der Waals surface area contributed by atoms with Crippen LogP contribution < -0.4 is 5.32 Å². The van der Waals surface area contributed by atoms with Crippen molar-refractivity contribution in [2.45, 2.75) is 12.5 Å². The lowest BCUT2D eigenvalue weighted by Crippen LogP contribution is -2.04. The van der Waals surface area contributed by atoms with Crippen LogP contribution in [0.4, 0.5) is 5.69 Å². The second-order valence-corrected chi connectivity index (χ2v) is 5.40. The molecule has 1 N–H and O–H groups in total. The molecule has 1 unspecified atom stereocenters. The van der Waals surface area contributed by atoms with E-state index in [9.17, 15) is 0 Å². The first kappa shape index (κ1) is 12.2. The highest BCUT2D eigenvalue weighted by Crippen LogP contribution is 2.35. The van der Waals surface area contributed by atoms with Crippen LogP contribution in [0.2, 0.25) is 0 Å². The highest BCUT2D eigenvalue weighted by molar-refractivity contribution is 5.66. The van der Waals surface area contributed by atoms with E-state index in [-0.39, 0.29) is 0 Å². The van der Waals surface area contributed by atoms with E-state index in [4.69, 9.17) is 0 Å². The lowest BCUT2D eigenvalue weighted by molar-refractivity contribution is 0.824. The second kappa shape index (κ2) is 5.06. The molecule has 21 heavy (non-hydrogen) atoms. The number of fused-ring (bicyclic) bond motifs is 1. The maximum atomic E-state index is 4.59. The van der Waals surface area contributed by atoms with Crippen molar-refractivity contribution < 1.29 is 0 Å². The summed E-state index contributed by atoms with van der Waals surface area (Å²) in [4.78, 5) is 4.59. The number of nitrogens with zero attached hydrogens (tertiary/aromatic N) is 1. The van der Waals surface area contributed by atoms with Crippen LogP contribution >= 0.6 is 0 Å². The Morgan fingerprint density at radius 1 is 0.905 bits per heavy atom. The minimum Gasteiger partial charge on any atom is -0.376 e. The summed E-state index contributed by atoms with van der Waals surface area (Å²) in [6.07, 6.45) is 2.97. The fraction of sp³-hybridized carbons (Fsp3) is 0.105. The zero-order chi connectivity index (χ0) is 14.1. The summed E-state index contributed by atoms with van der Waals surface area (Å²) in [5.74, 6) is 0. The van der Waals surface area contributed by atoms with Gasteiger partial charge in [0, 0.05) is 5.56 Å². The van der Waals surface area contributed by atoms with Gasteiger partial charge in [-0.2, -0.15) is 0 Å². The first-order chi connectivity index (χ1) is 10.4. The molecule has 1 aliphatic rings. The molecular formula is C19H16N2. The standard InChI is InChI=1S/C19H16N2/c1-3-7-14(8-4-1)17-11-16-12-18(21-19(16)13-20-17)15-9-5-2-6-10-15/h1-11,13,18,21H,12H2. The van der Waals surface area contributed by atoms with Gasteiger partial charge in [0.2, 0.25) is 0 Å². The Labute approximate surface area is 124 Å². The van der Waals surface area contributed by atoms with Crippen LogP contribution in [0.3, 0.4) is 0 Å². The highest BCUT2D eigenvalue weighted by atomic mass is 15.0. The van der Waals surface area contributed by atoms with Crippen molar-refractivity contribution in [3.8, 4) is 11.3 Å². The Kier molecular flexibility index (Phi) is 2.93. The van der Waals surface area contributed by atoms with E-state index >= 15 is 0 Å². The molecule has 0 spiro atoms. The monoisotopic (exact) mass is 272 g/mol. The molecule has 0 saturated carbocycles. The number of rotatable bonds is 2. The fourth-order valence-corrected chi connectivity index (χ4v) is 2.91. The molecule has 2 heterocycles. The molecule has 1 aliphatic heterocycles. The molecule has 0 fully saturated rings. The fourth-order valence-electron chi connectivity index (χ4n) is 2.91. The zero-order valence-electron chi connectivity index (χ0n) is 11.7. The average Bonchev–Trinajstić information content (AvgIpc) is 2.99. The van der Waals surface area contributed by atoms with Gasteiger partial charge in [-0.25, -0.2) is 0 Å². The maximum Gasteiger partial charge on any atom is 0.0706 e. The van der Waals surface area contributed by atoms with Crippen molar-refractivity contribution in [2.75, 3.05) is 5.32 Å². The van der Waals surface area contributed by atoms with E-state index in [0.717, 1.165) is 17.8 Å². The minimum atomic E-state index is 0.356. The van der Waals surface area contributed by atoms with E-state index in [1.165, 1.54) is 16.7 Å². The van der Waals surface area contributed by atoms with Crippen molar-refractivity contribution in [3.05, 3.63) is 84.1 Å². The van der Waals surface area contributed by atoms with Crippen molar-refractivity contribution in [1.29, 1.82) is 0 Å². The summed E-state index contributed by atoms with van der Waals surface area (Å²) in [6, 6.07) is 23.5. The molecule has 0 amide bonds. The average molecular weight is 272 g/mol. The topological polar surface area (TPSA) is 24.9 Å². The number of aromatic nitrogens is 1. The Bertz CT molecular complexity index is 751. The third kappa shape index (κ3) is 2.29. The summed E-state index contributed by atoms with van der Waals surface area (Å²) in [6.45, 7) is 0. The molecule has 2 nitrogen and oxygen atoms in total. The van der Waals surface area contributed by atoms with Crippen LogP contribution in [0.25, 0.3) is 11.3 Å². The van der Waals surface area contributed by atoms with Gasteiger partial charge in [0.25, 0.3) is 0 Å². The van der Waals surface area contributed by atoms with Crippen LogP contribution in [0.15, 0.2) is 72.9 Å². The summed E-state index contributed by atoms with van der Waals surface area (Å²) in [5, 5.41) is 3.57. The number of hydrogen-bond donors (Lipinski definition) is 1. The summed E-state index contributed by atoms with van der Waals surface area (Å²) in [5.41, 5.74) is 6.05. The zero-order valence-corrected chi connectivity index (χ0v) is 11.7. The van der Waals surface area contributed by atoms with Gasteiger partial charge in [0.1, 0.15) is 0 Å². The number of anilines is 1. The maximum absolute atomic E-state index is 4.59. The van der Waals surface area contributed by atoms with Crippen molar-refractivity contribution in [2.24, 2.45) is 0 Å². The summed E-state index contributed by atoms with van der Waals surface area (Å²) >= 11 is 0. The summed E-state index contributed by atoms with van der Waals surface area (Å²) in [7, 11) is 0. The van der Waals surface area contributed by atoms with Crippen LogP contribution in [0.1, 0.15) is 17.2 Å². The van der Waals surface area contributed by atoms with Gasteiger partial charge in [-0.1, -0.05) is 60.7 Å². The van der Waals surface area contributed by atoms with Crippen molar-refractivity contribution in [3.63, 3.8) is 0 Å². The Balaban J connectivity index is 1.65. The van der Waals surface area contributed by atoms with Crippen LogP contribution in [0.5, 0.6) is 0 Å². The third-order valence-corrected chi connectivity index (χ3v) is 4.01. The highest BCUT2D eigenvalue weighted by Gasteiger charge is 2.22. The normalized spacial score (nSPS) is 16.3. The predicted molar refractivity (Wildman–Crippen MR) is 86.2 cm³/mol. The smallest absolute Gasteiger partial charge is 0.0706 e. The van der Waals surface area contributed by atoms with E-state index in [1.54, 1.807) is 0 Å². The van der Waals surface area contributed by atoms with Gasteiger partial charge in [-0.05, 0) is 23.6 Å². The van der Waals surface area contributed by atoms with E-state index in [1.807, 2.05) is 12.3 Å². The number of hydrogen-bond acceptors (Lipinski definition) is 2. The van der Waals surface area contributed by atoms with Gasteiger partial charge < -0.3 is 5.32 Å². The van der Waals surface area contributed by atoms with Crippen molar-refractivity contribution >= 4 is 5.69 Å². The van der Waals surface area contributed by atoms with Crippen LogP contribution in [0, 0.1) is 0 Å². The Morgan fingerprint density at radius 3 is 2.38 bits per heavy atom. The molecule has 2 aromatic carbocycles. The molecule has 1 atom stereocenters. The van der Waals surface area contributed by atoms with Gasteiger partial charge in [0.15, 0.2) is 0 Å². The first-order valence-electron chi connectivity index (χ1n) is 7.26. The van der Waals surface area contributed by atoms with Gasteiger partial charge in [-0.15, -0.1) is 0 Å². The number of nitrogens with one attached hydrogen (secondary N) is 1. The third-order valence-electron chi connectivity index (χ3n) is 4.01. The van der Waals surface area contributed by atoms with Gasteiger partial charge in [-0.3, -0.25) is 4.98 Å². The van der Waals surface area contributed by atoms with Gasteiger partial charge >= 0.3 is 0 Å². The number of benzene rings is 2. The molecular weight excluding hydrogens is 256 g/mol. The van der Waals surface area contributed by atoms with Gasteiger partial charge in [0.05, 0.1) is 23.6 Å². The lowest BCUT2D eigenvalue weighted by Gasteiger charge is -2.10. The van der Waals surface area contributed by atoms with Crippen LogP contribution in [-0.2, 0) is 6.42 Å². The molecule has 0 aliphatic carbocycles. The predicted octanol–water partition coefficient (Wildman–Crippen LogP) is 4.46. The minimum absolute atomic E-state index is 0.356. The van der Waals surface area contributed by atoms with E-state index in [0.29, 0.717) is 6.04 Å². The molecule has 3 aromatic rings.